The van der Waals surface area contributed by atoms with E-state index in [4.69, 9.17) is 4.74 Å². The average Bonchev–Trinajstić information content (AvgIpc) is 3.00. The van der Waals surface area contributed by atoms with E-state index in [0.717, 1.165) is 38.6 Å². The molecule has 2 fully saturated rings. The van der Waals surface area contributed by atoms with Crippen molar-refractivity contribution in [1.29, 1.82) is 0 Å². The number of nitrogens with zero attached hydrogens (tertiary/aromatic N) is 2. The van der Waals surface area contributed by atoms with Crippen LogP contribution in [0.3, 0.4) is 0 Å². The first kappa shape index (κ1) is 20.7. The van der Waals surface area contributed by atoms with Gasteiger partial charge in [0.1, 0.15) is 0 Å². The molecule has 26 heavy (non-hydrogen) atoms. The molecule has 1 aliphatic heterocycles. The van der Waals surface area contributed by atoms with E-state index in [-0.39, 0.29) is 35.5 Å². The number of nitrogens with one attached hydrogen (secondary N) is 1. The van der Waals surface area contributed by atoms with Crippen LogP contribution >= 0.6 is 0 Å². The quantitative estimate of drug-likeness (QED) is 0.645. The first-order valence-electron chi connectivity index (χ1n) is 9.70. The Morgan fingerprint density at radius 1 is 1.27 bits per heavy atom. The molecule has 7 nitrogen and oxygen atoms in total. The summed E-state index contributed by atoms with van der Waals surface area (Å²) in [5.74, 6) is -0.444. The third-order valence-corrected chi connectivity index (χ3v) is 5.57. The smallest absolute Gasteiger partial charge is 0.309 e. The molecule has 3 atom stereocenters. The van der Waals surface area contributed by atoms with E-state index in [1.54, 1.807) is 4.90 Å². The first-order valence-corrected chi connectivity index (χ1v) is 9.70. The van der Waals surface area contributed by atoms with Crippen LogP contribution in [0.2, 0.25) is 0 Å². The lowest BCUT2D eigenvalue weighted by Gasteiger charge is -2.29. The number of likely N-dealkylation sites (tertiary alicyclic amines) is 1. The number of carbonyl (C=O) groups is 3. The SMILES string of the molecule is COC(=O)C1CCCCC1CNC(=O)C1CC(=O)N(CCCN(C)C)C1. The van der Waals surface area contributed by atoms with E-state index >= 15 is 0 Å². The molecule has 1 heterocycles. The van der Waals surface area contributed by atoms with Crippen molar-refractivity contribution in [2.75, 3.05) is 47.4 Å². The Balaban J connectivity index is 1.78. The second kappa shape index (κ2) is 9.90. The number of rotatable bonds is 8. The van der Waals surface area contributed by atoms with Crippen LogP contribution in [0.1, 0.15) is 38.5 Å². The van der Waals surface area contributed by atoms with Crippen LogP contribution in [0.4, 0.5) is 0 Å². The first-order chi connectivity index (χ1) is 12.4. The highest BCUT2D eigenvalue weighted by molar-refractivity contribution is 5.89. The molecule has 0 bridgehead atoms. The molecule has 0 aromatic rings. The summed E-state index contributed by atoms with van der Waals surface area (Å²) in [7, 11) is 5.44. The van der Waals surface area contributed by atoms with Gasteiger partial charge < -0.3 is 19.9 Å². The predicted molar refractivity (Wildman–Crippen MR) is 98.3 cm³/mol. The molecule has 0 spiro atoms. The lowest BCUT2D eigenvalue weighted by Crippen LogP contribution is -2.40. The van der Waals surface area contributed by atoms with Crippen molar-refractivity contribution in [1.82, 2.24) is 15.1 Å². The molecule has 0 aromatic carbocycles. The molecule has 2 amide bonds. The summed E-state index contributed by atoms with van der Waals surface area (Å²) in [5.41, 5.74) is 0. The molecule has 1 saturated carbocycles. The van der Waals surface area contributed by atoms with Crippen LogP contribution in [0.25, 0.3) is 0 Å². The van der Waals surface area contributed by atoms with Gasteiger partial charge in [-0.3, -0.25) is 14.4 Å². The van der Waals surface area contributed by atoms with Gasteiger partial charge in [-0.25, -0.2) is 0 Å². The van der Waals surface area contributed by atoms with Crippen molar-refractivity contribution in [2.24, 2.45) is 17.8 Å². The minimum atomic E-state index is -0.276. The van der Waals surface area contributed by atoms with Crippen LogP contribution in [0, 0.1) is 17.8 Å². The lowest BCUT2D eigenvalue weighted by atomic mass is 9.79. The van der Waals surface area contributed by atoms with Gasteiger partial charge in [0.15, 0.2) is 0 Å². The lowest BCUT2D eigenvalue weighted by molar-refractivity contribution is -0.149. The zero-order chi connectivity index (χ0) is 19.1. The van der Waals surface area contributed by atoms with Crippen LogP contribution in [0.15, 0.2) is 0 Å². The number of methoxy groups -OCH3 is 1. The second-order valence-corrected chi connectivity index (χ2v) is 7.82. The fourth-order valence-electron chi connectivity index (χ4n) is 4.03. The summed E-state index contributed by atoms with van der Waals surface area (Å²) < 4.78 is 4.90. The highest BCUT2D eigenvalue weighted by Crippen LogP contribution is 2.30. The average molecular weight is 367 g/mol. The Bertz CT molecular complexity index is 509. The fourth-order valence-corrected chi connectivity index (χ4v) is 4.03. The molecule has 1 aliphatic carbocycles. The Kier molecular flexibility index (Phi) is 7.87. The van der Waals surface area contributed by atoms with E-state index in [1.807, 2.05) is 14.1 Å². The molecule has 0 aromatic heterocycles. The summed E-state index contributed by atoms with van der Waals surface area (Å²) in [6.45, 7) is 2.62. The van der Waals surface area contributed by atoms with Crippen molar-refractivity contribution in [3.8, 4) is 0 Å². The molecule has 2 aliphatic rings. The summed E-state index contributed by atoms with van der Waals surface area (Å²) in [4.78, 5) is 40.4. The standard InChI is InChI=1S/C19H33N3O4/c1-21(2)9-6-10-22-13-15(11-17(22)23)18(24)20-12-14-7-4-5-8-16(14)19(25)26-3/h14-16H,4-13H2,1-3H3,(H,20,24). The van der Waals surface area contributed by atoms with Crippen molar-refractivity contribution in [3.63, 3.8) is 0 Å². The van der Waals surface area contributed by atoms with Gasteiger partial charge in [0.25, 0.3) is 0 Å². The predicted octanol–water partition coefficient (Wildman–Crippen LogP) is 0.882. The highest BCUT2D eigenvalue weighted by Gasteiger charge is 2.36. The normalized spacial score (nSPS) is 26.2. The van der Waals surface area contributed by atoms with Gasteiger partial charge in [-0.15, -0.1) is 0 Å². The molecule has 0 radical (unpaired) electrons. The maximum Gasteiger partial charge on any atom is 0.309 e. The summed E-state index contributed by atoms with van der Waals surface area (Å²) in [5, 5.41) is 2.98. The van der Waals surface area contributed by atoms with Gasteiger partial charge in [0, 0.05) is 26.1 Å². The van der Waals surface area contributed by atoms with E-state index in [0.29, 0.717) is 26.1 Å². The Hall–Kier alpha value is -1.63. The van der Waals surface area contributed by atoms with E-state index in [1.165, 1.54) is 7.11 Å². The molecule has 148 valence electrons. The minimum absolute atomic E-state index is 0.0639. The zero-order valence-corrected chi connectivity index (χ0v) is 16.3. The summed E-state index contributed by atoms with van der Waals surface area (Å²) >= 11 is 0. The van der Waals surface area contributed by atoms with Crippen molar-refractivity contribution < 1.29 is 19.1 Å². The van der Waals surface area contributed by atoms with Crippen molar-refractivity contribution >= 4 is 17.8 Å². The monoisotopic (exact) mass is 367 g/mol. The Labute approximate surface area is 156 Å². The third-order valence-electron chi connectivity index (χ3n) is 5.57. The molecule has 7 heteroatoms. The fraction of sp³-hybridized carbons (Fsp3) is 0.842. The zero-order valence-electron chi connectivity index (χ0n) is 16.3. The molecule has 3 unspecified atom stereocenters. The molecule has 1 N–H and O–H groups in total. The molecule has 2 rings (SSSR count). The van der Waals surface area contributed by atoms with Crippen molar-refractivity contribution in [3.05, 3.63) is 0 Å². The number of esters is 1. The van der Waals surface area contributed by atoms with E-state index in [9.17, 15) is 14.4 Å². The van der Waals surface area contributed by atoms with Gasteiger partial charge in [-0.1, -0.05) is 12.8 Å². The minimum Gasteiger partial charge on any atom is -0.469 e. The van der Waals surface area contributed by atoms with Crippen molar-refractivity contribution in [2.45, 2.75) is 38.5 Å². The number of carbonyl (C=O) groups excluding carboxylic acids is 3. The van der Waals surface area contributed by atoms with Crippen LogP contribution in [-0.4, -0.2) is 75.0 Å². The molecule has 1 saturated heterocycles. The summed E-state index contributed by atoms with van der Waals surface area (Å²) in [6, 6.07) is 0. The maximum absolute atomic E-state index is 12.5. The van der Waals surface area contributed by atoms with Crippen LogP contribution < -0.4 is 5.32 Å². The molecular formula is C19H33N3O4. The number of hydrogen-bond acceptors (Lipinski definition) is 5. The number of amides is 2. The second-order valence-electron chi connectivity index (χ2n) is 7.82. The van der Waals surface area contributed by atoms with E-state index in [2.05, 4.69) is 10.2 Å². The topological polar surface area (TPSA) is 78.9 Å². The van der Waals surface area contributed by atoms with Gasteiger partial charge in [0.05, 0.1) is 18.9 Å². The maximum atomic E-state index is 12.5. The summed E-state index contributed by atoms with van der Waals surface area (Å²) in [6.07, 6.45) is 5.07. The third kappa shape index (κ3) is 5.69. The van der Waals surface area contributed by atoms with Crippen LogP contribution in [0.5, 0.6) is 0 Å². The van der Waals surface area contributed by atoms with Gasteiger partial charge in [-0.2, -0.15) is 0 Å². The van der Waals surface area contributed by atoms with Gasteiger partial charge in [0.2, 0.25) is 11.8 Å². The van der Waals surface area contributed by atoms with Crippen LogP contribution in [-0.2, 0) is 19.1 Å². The molecular weight excluding hydrogens is 334 g/mol. The Morgan fingerprint density at radius 3 is 2.69 bits per heavy atom. The Morgan fingerprint density at radius 2 is 2.00 bits per heavy atom. The highest BCUT2D eigenvalue weighted by atomic mass is 16.5. The largest absolute Gasteiger partial charge is 0.469 e. The van der Waals surface area contributed by atoms with E-state index < -0.39 is 0 Å². The number of hydrogen-bond donors (Lipinski definition) is 1. The van der Waals surface area contributed by atoms with Gasteiger partial charge in [-0.05, 0) is 45.8 Å². The number of ether oxygens (including phenoxy) is 1. The van der Waals surface area contributed by atoms with Gasteiger partial charge >= 0.3 is 5.97 Å².